The normalized spacial score (nSPS) is 12.7. The molecular formula is C18H32N2S. The molecule has 0 saturated heterocycles. The molecule has 0 radical (unpaired) electrons. The van der Waals surface area contributed by atoms with Crippen LogP contribution >= 0.6 is 11.8 Å². The van der Waals surface area contributed by atoms with E-state index in [4.69, 9.17) is 0 Å². The van der Waals surface area contributed by atoms with E-state index in [9.17, 15) is 0 Å². The predicted molar refractivity (Wildman–Crippen MR) is 98.6 cm³/mol. The van der Waals surface area contributed by atoms with Gasteiger partial charge in [-0.15, -0.1) is 0 Å². The van der Waals surface area contributed by atoms with Gasteiger partial charge in [0.25, 0.3) is 0 Å². The monoisotopic (exact) mass is 308 g/mol. The fourth-order valence-electron chi connectivity index (χ4n) is 2.62. The lowest BCUT2D eigenvalue weighted by atomic mass is 10.1. The van der Waals surface area contributed by atoms with E-state index in [1.54, 1.807) is 0 Å². The molecule has 0 amide bonds. The van der Waals surface area contributed by atoms with E-state index < -0.39 is 0 Å². The van der Waals surface area contributed by atoms with Crippen LogP contribution in [0.1, 0.15) is 38.3 Å². The average Bonchev–Trinajstić information content (AvgIpc) is 2.44. The third kappa shape index (κ3) is 5.91. The minimum absolute atomic E-state index is 0.614. The van der Waals surface area contributed by atoms with E-state index in [-0.39, 0.29) is 0 Å². The number of rotatable bonds is 9. The van der Waals surface area contributed by atoms with Crippen molar-refractivity contribution in [2.24, 2.45) is 5.92 Å². The summed E-state index contributed by atoms with van der Waals surface area (Å²) in [7, 11) is 2.23. The van der Waals surface area contributed by atoms with Crippen LogP contribution in [0.3, 0.4) is 0 Å². The van der Waals surface area contributed by atoms with E-state index in [2.05, 4.69) is 69.4 Å². The molecule has 0 aliphatic heterocycles. The number of benzene rings is 1. The van der Waals surface area contributed by atoms with Crippen molar-refractivity contribution in [1.29, 1.82) is 0 Å². The number of nitrogens with one attached hydrogen (secondary N) is 1. The van der Waals surface area contributed by atoms with Crippen molar-refractivity contribution in [3.63, 3.8) is 0 Å². The van der Waals surface area contributed by atoms with E-state index in [1.807, 2.05) is 11.8 Å². The van der Waals surface area contributed by atoms with Gasteiger partial charge in [-0.25, -0.2) is 0 Å². The van der Waals surface area contributed by atoms with E-state index in [0.29, 0.717) is 12.0 Å². The minimum atomic E-state index is 0.614. The van der Waals surface area contributed by atoms with Crippen molar-refractivity contribution in [2.45, 2.75) is 46.7 Å². The van der Waals surface area contributed by atoms with Crippen LogP contribution in [0, 0.1) is 12.8 Å². The summed E-state index contributed by atoms with van der Waals surface area (Å²) in [5.41, 5.74) is 4.12. The quantitative estimate of drug-likeness (QED) is 0.731. The van der Waals surface area contributed by atoms with Gasteiger partial charge in [-0.3, -0.25) is 0 Å². The lowest BCUT2D eigenvalue weighted by molar-refractivity contribution is 0.552. The Labute approximate surface area is 135 Å². The molecule has 120 valence electrons. The van der Waals surface area contributed by atoms with Crippen molar-refractivity contribution in [1.82, 2.24) is 5.32 Å². The Morgan fingerprint density at radius 1 is 1.29 bits per heavy atom. The maximum Gasteiger partial charge on any atom is 0.0396 e. The molecule has 3 heteroatoms. The van der Waals surface area contributed by atoms with Gasteiger partial charge in [-0.1, -0.05) is 32.9 Å². The predicted octanol–water partition coefficient (Wildman–Crippen LogP) is 4.32. The summed E-state index contributed by atoms with van der Waals surface area (Å²) in [6.07, 6.45) is 3.38. The van der Waals surface area contributed by atoms with Gasteiger partial charge in [0.15, 0.2) is 0 Å². The molecule has 2 nitrogen and oxygen atoms in total. The first-order chi connectivity index (χ1) is 9.99. The molecule has 0 aliphatic carbocycles. The van der Waals surface area contributed by atoms with Gasteiger partial charge >= 0.3 is 0 Å². The molecule has 1 aromatic carbocycles. The number of thioether (sulfide) groups is 1. The lowest BCUT2D eigenvalue weighted by Crippen LogP contribution is -2.33. The number of nitrogens with zero attached hydrogens (tertiary/aromatic N) is 1. The maximum atomic E-state index is 3.51. The average molecular weight is 309 g/mol. The zero-order chi connectivity index (χ0) is 15.8. The Hall–Kier alpha value is -0.670. The molecule has 1 aromatic rings. The van der Waals surface area contributed by atoms with Gasteiger partial charge < -0.3 is 10.2 Å². The summed E-state index contributed by atoms with van der Waals surface area (Å²) in [5, 5.41) is 3.51. The SMILES string of the molecule is CCC(CSC)N(C)c1ccc(CNCC(C)C)cc1C. The topological polar surface area (TPSA) is 15.3 Å². The second-order valence-corrected chi connectivity index (χ2v) is 7.18. The molecule has 1 unspecified atom stereocenters. The van der Waals surface area contributed by atoms with Crippen LogP contribution in [0.25, 0.3) is 0 Å². The fourth-order valence-corrected chi connectivity index (χ4v) is 3.47. The number of hydrogen-bond donors (Lipinski definition) is 1. The highest BCUT2D eigenvalue weighted by molar-refractivity contribution is 7.98. The Kier molecular flexibility index (Phi) is 8.20. The number of aryl methyl sites for hydroxylation is 1. The highest BCUT2D eigenvalue weighted by Gasteiger charge is 2.14. The van der Waals surface area contributed by atoms with Crippen LogP contribution in [-0.4, -0.2) is 31.6 Å². The van der Waals surface area contributed by atoms with E-state index in [1.165, 1.54) is 29.0 Å². The van der Waals surface area contributed by atoms with Gasteiger partial charge in [0.1, 0.15) is 0 Å². The minimum Gasteiger partial charge on any atom is -0.371 e. The summed E-state index contributed by atoms with van der Waals surface area (Å²) >= 11 is 1.93. The molecule has 0 saturated carbocycles. The summed E-state index contributed by atoms with van der Waals surface area (Å²) in [6.45, 7) is 11.0. The van der Waals surface area contributed by atoms with Crippen LogP contribution in [-0.2, 0) is 6.54 Å². The third-order valence-corrected chi connectivity index (χ3v) is 4.62. The Morgan fingerprint density at radius 2 is 2.00 bits per heavy atom. The molecule has 0 spiro atoms. The molecule has 0 fully saturated rings. The number of anilines is 1. The summed E-state index contributed by atoms with van der Waals surface area (Å²) in [5.74, 6) is 1.89. The van der Waals surface area contributed by atoms with Crippen molar-refractivity contribution in [2.75, 3.05) is 30.5 Å². The van der Waals surface area contributed by atoms with Gasteiger partial charge in [0.2, 0.25) is 0 Å². The standard InChI is InChI=1S/C18H32N2S/c1-7-17(13-21-6)20(5)18-9-8-16(10-15(18)4)12-19-11-14(2)3/h8-10,14,17,19H,7,11-13H2,1-6H3. The van der Waals surface area contributed by atoms with Crippen LogP contribution in [0.5, 0.6) is 0 Å². The van der Waals surface area contributed by atoms with Gasteiger partial charge in [-0.05, 0) is 49.3 Å². The van der Waals surface area contributed by atoms with Crippen LogP contribution in [0.4, 0.5) is 5.69 Å². The summed E-state index contributed by atoms with van der Waals surface area (Å²) in [4.78, 5) is 2.44. The zero-order valence-electron chi connectivity index (χ0n) is 14.6. The highest BCUT2D eigenvalue weighted by Crippen LogP contribution is 2.24. The molecular weight excluding hydrogens is 276 g/mol. The molecule has 0 bridgehead atoms. The van der Waals surface area contributed by atoms with Crippen molar-refractivity contribution < 1.29 is 0 Å². The zero-order valence-corrected chi connectivity index (χ0v) is 15.4. The van der Waals surface area contributed by atoms with Crippen molar-refractivity contribution in [3.8, 4) is 0 Å². The molecule has 1 rings (SSSR count). The van der Waals surface area contributed by atoms with E-state index in [0.717, 1.165) is 13.1 Å². The van der Waals surface area contributed by atoms with Crippen LogP contribution in [0.15, 0.2) is 18.2 Å². The number of hydrogen-bond acceptors (Lipinski definition) is 3. The smallest absolute Gasteiger partial charge is 0.0396 e. The first-order valence-electron chi connectivity index (χ1n) is 8.01. The highest BCUT2D eigenvalue weighted by atomic mass is 32.2. The fraction of sp³-hybridized carbons (Fsp3) is 0.667. The first kappa shape index (κ1) is 18.4. The molecule has 1 N–H and O–H groups in total. The van der Waals surface area contributed by atoms with Crippen molar-refractivity contribution >= 4 is 17.4 Å². The molecule has 0 heterocycles. The van der Waals surface area contributed by atoms with Gasteiger partial charge in [0.05, 0.1) is 0 Å². The van der Waals surface area contributed by atoms with Crippen molar-refractivity contribution in [3.05, 3.63) is 29.3 Å². The molecule has 21 heavy (non-hydrogen) atoms. The first-order valence-corrected chi connectivity index (χ1v) is 9.41. The van der Waals surface area contributed by atoms with Gasteiger partial charge in [-0.2, -0.15) is 11.8 Å². The van der Waals surface area contributed by atoms with Gasteiger partial charge in [0, 0.05) is 31.1 Å². The van der Waals surface area contributed by atoms with Crippen LogP contribution < -0.4 is 10.2 Å². The third-order valence-electron chi connectivity index (χ3n) is 3.90. The largest absolute Gasteiger partial charge is 0.371 e. The summed E-state index contributed by atoms with van der Waals surface area (Å²) in [6, 6.07) is 7.48. The maximum absolute atomic E-state index is 3.51. The van der Waals surface area contributed by atoms with E-state index >= 15 is 0 Å². The Balaban J connectivity index is 2.72. The molecule has 0 aliphatic rings. The Morgan fingerprint density at radius 3 is 2.52 bits per heavy atom. The molecule has 0 aromatic heterocycles. The lowest BCUT2D eigenvalue weighted by Gasteiger charge is -2.30. The second kappa shape index (κ2) is 9.37. The Bertz CT molecular complexity index is 418. The summed E-state index contributed by atoms with van der Waals surface area (Å²) < 4.78 is 0. The molecule has 1 atom stereocenters. The second-order valence-electron chi connectivity index (χ2n) is 6.27. The van der Waals surface area contributed by atoms with Crippen LogP contribution in [0.2, 0.25) is 0 Å².